The molecular weight excluding hydrogens is 198 g/mol. The van der Waals surface area contributed by atoms with Gasteiger partial charge in [0.2, 0.25) is 0 Å². The second kappa shape index (κ2) is 3.77. The maximum Gasteiger partial charge on any atom is 0.122 e. The van der Waals surface area contributed by atoms with Gasteiger partial charge in [0.15, 0.2) is 0 Å². The van der Waals surface area contributed by atoms with Crippen LogP contribution in [0.15, 0.2) is 18.2 Å². The summed E-state index contributed by atoms with van der Waals surface area (Å²) in [5.41, 5.74) is 8.94. The fourth-order valence-corrected chi connectivity index (χ4v) is 2.41. The minimum atomic E-state index is -0.0165. The first-order valence-electron chi connectivity index (χ1n) is 6.29. The summed E-state index contributed by atoms with van der Waals surface area (Å²) in [6.45, 7) is 0.684. The van der Waals surface area contributed by atoms with E-state index in [4.69, 9.17) is 10.5 Å². The van der Waals surface area contributed by atoms with Gasteiger partial charge in [-0.1, -0.05) is 12.1 Å². The molecule has 2 aliphatic rings. The molecule has 3 rings (SSSR count). The Balaban J connectivity index is 1.78. The van der Waals surface area contributed by atoms with E-state index in [0.717, 1.165) is 18.6 Å². The Bertz CT molecular complexity index is 396. The molecule has 2 aliphatic carbocycles. The molecule has 0 unspecified atom stereocenters. The fraction of sp³-hybridized carbons (Fsp3) is 0.571. The standard InChI is InChI=1S/C14H19NO/c15-14(8-9-14)10-16-13-7-3-5-11-4-1-2-6-12(11)13/h3,5,7H,1-2,4,6,8-10,15H2. The Labute approximate surface area is 96.8 Å². The summed E-state index contributed by atoms with van der Waals surface area (Å²) >= 11 is 0. The van der Waals surface area contributed by atoms with Crippen molar-refractivity contribution in [2.75, 3.05) is 6.61 Å². The summed E-state index contributed by atoms with van der Waals surface area (Å²) in [5, 5.41) is 0. The van der Waals surface area contributed by atoms with Gasteiger partial charge in [-0.15, -0.1) is 0 Å². The van der Waals surface area contributed by atoms with Crippen molar-refractivity contribution in [2.45, 2.75) is 44.1 Å². The van der Waals surface area contributed by atoms with Crippen molar-refractivity contribution in [1.82, 2.24) is 0 Å². The highest BCUT2D eigenvalue weighted by atomic mass is 16.5. The summed E-state index contributed by atoms with van der Waals surface area (Å²) < 4.78 is 5.91. The van der Waals surface area contributed by atoms with Gasteiger partial charge in [-0.3, -0.25) is 0 Å². The lowest BCUT2D eigenvalue weighted by atomic mass is 9.91. The first-order chi connectivity index (χ1) is 7.77. The summed E-state index contributed by atoms with van der Waals surface area (Å²) in [7, 11) is 0. The van der Waals surface area contributed by atoms with Crippen molar-refractivity contribution in [3.63, 3.8) is 0 Å². The zero-order chi connectivity index (χ0) is 11.0. The highest BCUT2D eigenvalue weighted by Crippen LogP contribution is 2.35. The summed E-state index contributed by atoms with van der Waals surface area (Å²) in [6.07, 6.45) is 7.21. The lowest BCUT2D eigenvalue weighted by Crippen LogP contribution is -2.30. The molecule has 0 aromatic heterocycles. The molecule has 0 heterocycles. The van der Waals surface area contributed by atoms with Gasteiger partial charge in [-0.2, -0.15) is 0 Å². The largest absolute Gasteiger partial charge is 0.491 e. The smallest absolute Gasteiger partial charge is 0.122 e. The van der Waals surface area contributed by atoms with Gasteiger partial charge in [0.25, 0.3) is 0 Å². The number of hydrogen-bond acceptors (Lipinski definition) is 2. The summed E-state index contributed by atoms with van der Waals surface area (Å²) in [6, 6.07) is 6.43. The number of hydrogen-bond donors (Lipinski definition) is 1. The van der Waals surface area contributed by atoms with E-state index in [1.54, 1.807) is 0 Å². The maximum absolute atomic E-state index is 6.05. The second-order valence-electron chi connectivity index (χ2n) is 5.25. The van der Waals surface area contributed by atoms with Gasteiger partial charge in [-0.25, -0.2) is 0 Å². The predicted octanol–water partition coefficient (Wildman–Crippen LogP) is 2.44. The summed E-state index contributed by atoms with van der Waals surface area (Å²) in [5.74, 6) is 1.08. The van der Waals surface area contributed by atoms with E-state index in [9.17, 15) is 0 Å². The van der Waals surface area contributed by atoms with Gasteiger partial charge < -0.3 is 10.5 Å². The second-order valence-corrected chi connectivity index (χ2v) is 5.25. The molecule has 1 aromatic carbocycles. The van der Waals surface area contributed by atoms with E-state index in [1.165, 1.54) is 36.8 Å². The van der Waals surface area contributed by atoms with Crippen LogP contribution in [0, 0.1) is 0 Å². The normalized spacial score (nSPS) is 21.3. The molecule has 0 aliphatic heterocycles. The third kappa shape index (κ3) is 1.94. The average Bonchev–Trinajstić information content (AvgIpc) is 3.05. The molecule has 86 valence electrons. The molecule has 1 saturated carbocycles. The van der Waals surface area contributed by atoms with Crippen LogP contribution in [0.1, 0.15) is 36.8 Å². The first kappa shape index (κ1) is 10.2. The van der Waals surface area contributed by atoms with E-state index < -0.39 is 0 Å². The van der Waals surface area contributed by atoms with Crippen LogP contribution in [-0.4, -0.2) is 12.1 Å². The maximum atomic E-state index is 6.05. The van der Waals surface area contributed by atoms with Crippen LogP contribution in [0.4, 0.5) is 0 Å². The number of aryl methyl sites for hydroxylation is 1. The molecular formula is C14H19NO. The van der Waals surface area contributed by atoms with Gasteiger partial charge in [0.05, 0.1) is 5.54 Å². The van der Waals surface area contributed by atoms with Crippen molar-refractivity contribution < 1.29 is 4.74 Å². The van der Waals surface area contributed by atoms with Gasteiger partial charge in [-0.05, 0) is 55.7 Å². The fourth-order valence-electron chi connectivity index (χ4n) is 2.41. The van der Waals surface area contributed by atoms with Crippen molar-refractivity contribution in [1.29, 1.82) is 0 Å². The topological polar surface area (TPSA) is 35.2 Å². The molecule has 0 spiro atoms. The zero-order valence-corrected chi connectivity index (χ0v) is 9.67. The first-order valence-corrected chi connectivity index (χ1v) is 6.29. The SMILES string of the molecule is NC1(COc2cccc3c2CCCC3)CC1. The lowest BCUT2D eigenvalue weighted by molar-refractivity contribution is 0.276. The summed E-state index contributed by atoms with van der Waals surface area (Å²) in [4.78, 5) is 0. The van der Waals surface area contributed by atoms with E-state index in [-0.39, 0.29) is 5.54 Å². The van der Waals surface area contributed by atoms with Crippen molar-refractivity contribution in [3.05, 3.63) is 29.3 Å². The molecule has 0 bridgehead atoms. The number of ether oxygens (including phenoxy) is 1. The van der Waals surface area contributed by atoms with E-state index in [2.05, 4.69) is 18.2 Å². The molecule has 1 aromatic rings. The molecule has 0 atom stereocenters. The highest BCUT2D eigenvalue weighted by Gasteiger charge is 2.39. The lowest BCUT2D eigenvalue weighted by Gasteiger charge is -2.20. The Morgan fingerprint density at radius 3 is 2.81 bits per heavy atom. The van der Waals surface area contributed by atoms with Crippen LogP contribution in [0.3, 0.4) is 0 Å². The minimum absolute atomic E-state index is 0.0165. The third-order valence-electron chi connectivity index (χ3n) is 3.76. The van der Waals surface area contributed by atoms with Crippen LogP contribution < -0.4 is 10.5 Å². The molecule has 2 nitrogen and oxygen atoms in total. The number of benzene rings is 1. The quantitative estimate of drug-likeness (QED) is 0.844. The molecule has 0 radical (unpaired) electrons. The molecule has 0 amide bonds. The van der Waals surface area contributed by atoms with Crippen LogP contribution >= 0.6 is 0 Å². The molecule has 1 fully saturated rings. The van der Waals surface area contributed by atoms with Crippen LogP contribution in [-0.2, 0) is 12.8 Å². The molecule has 0 saturated heterocycles. The number of nitrogens with two attached hydrogens (primary N) is 1. The number of fused-ring (bicyclic) bond motifs is 1. The van der Waals surface area contributed by atoms with Crippen molar-refractivity contribution >= 4 is 0 Å². The third-order valence-corrected chi connectivity index (χ3v) is 3.76. The Kier molecular flexibility index (Phi) is 2.40. The molecule has 16 heavy (non-hydrogen) atoms. The van der Waals surface area contributed by atoms with Gasteiger partial charge >= 0.3 is 0 Å². The molecule has 2 heteroatoms. The van der Waals surface area contributed by atoms with Crippen molar-refractivity contribution in [3.8, 4) is 5.75 Å². The Hall–Kier alpha value is -1.02. The van der Waals surface area contributed by atoms with Crippen LogP contribution in [0.25, 0.3) is 0 Å². The van der Waals surface area contributed by atoms with Crippen LogP contribution in [0.5, 0.6) is 5.75 Å². The minimum Gasteiger partial charge on any atom is -0.491 e. The van der Waals surface area contributed by atoms with E-state index in [1.807, 2.05) is 0 Å². The van der Waals surface area contributed by atoms with Gasteiger partial charge in [0, 0.05) is 0 Å². The average molecular weight is 217 g/mol. The Morgan fingerprint density at radius 2 is 2.00 bits per heavy atom. The predicted molar refractivity (Wildman–Crippen MR) is 64.7 cm³/mol. The zero-order valence-electron chi connectivity index (χ0n) is 9.67. The highest BCUT2D eigenvalue weighted by molar-refractivity contribution is 5.41. The Morgan fingerprint density at radius 1 is 1.19 bits per heavy atom. The molecule has 2 N–H and O–H groups in total. The van der Waals surface area contributed by atoms with Gasteiger partial charge in [0.1, 0.15) is 12.4 Å². The number of rotatable bonds is 3. The van der Waals surface area contributed by atoms with E-state index in [0.29, 0.717) is 6.61 Å². The monoisotopic (exact) mass is 217 g/mol. The van der Waals surface area contributed by atoms with Crippen LogP contribution in [0.2, 0.25) is 0 Å². The van der Waals surface area contributed by atoms with E-state index >= 15 is 0 Å². The van der Waals surface area contributed by atoms with Crippen molar-refractivity contribution in [2.24, 2.45) is 5.73 Å².